The van der Waals surface area contributed by atoms with E-state index in [2.05, 4.69) is 4.98 Å². The number of primary amides is 1. The Hall–Kier alpha value is -2.67. The van der Waals surface area contributed by atoms with Crippen molar-refractivity contribution in [3.05, 3.63) is 53.2 Å². The van der Waals surface area contributed by atoms with Gasteiger partial charge in [-0.25, -0.2) is 0 Å². The molecule has 4 heteroatoms. The second kappa shape index (κ2) is 4.68. The quantitative estimate of drug-likeness (QED) is 0.867. The number of nitrogens with two attached hydrogens (primary N) is 1. The maximum atomic E-state index is 11.4. The van der Waals surface area contributed by atoms with Crippen LogP contribution in [0.2, 0.25) is 0 Å². The van der Waals surface area contributed by atoms with Crippen LogP contribution in [0.15, 0.2) is 36.5 Å². The van der Waals surface area contributed by atoms with Crippen LogP contribution in [0.1, 0.15) is 21.5 Å². The van der Waals surface area contributed by atoms with Crippen molar-refractivity contribution in [3.63, 3.8) is 0 Å². The fourth-order valence-corrected chi connectivity index (χ4v) is 1.82. The average Bonchev–Trinajstić information content (AvgIpc) is 2.38. The summed E-state index contributed by atoms with van der Waals surface area (Å²) >= 11 is 0. The lowest BCUT2D eigenvalue weighted by molar-refractivity contribution is 0.100. The molecular formula is C14H11N3O. The number of rotatable bonds is 2. The average molecular weight is 237 g/mol. The van der Waals surface area contributed by atoms with Crippen LogP contribution in [-0.2, 0) is 0 Å². The number of carbonyl (C=O) groups is 1. The van der Waals surface area contributed by atoms with E-state index < -0.39 is 5.91 Å². The highest BCUT2D eigenvalue weighted by Gasteiger charge is 2.12. The van der Waals surface area contributed by atoms with E-state index in [1.54, 1.807) is 24.3 Å². The Kier molecular flexibility index (Phi) is 3.07. The number of benzene rings is 1. The summed E-state index contributed by atoms with van der Waals surface area (Å²) in [5, 5.41) is 8.80. The summed E-state index contributed by atoms with van der Waals surface area (Å²) in [5.74, 6) is -0.490. The highest BCUT2D eigenvalue weighted by Crippen LogP contribution is 2.24. The molecule has 0 saturated heterocycles. The van der Waals surface area contributed by atoms with E-state index in [1.807, 2.05) is 19.1 Å². The lowest BCUT2D eigenvalue weighted by atomic mass is 10.00. The van der Waals surface area contributed by atoms with Gasteiger partial charge in [-0.1, -0.05) is 18.2 Å². The van der Waals surface area contributed by atoms with Gasteiger partial charge in [-0.2, -0.15) is 5.26 Å². The Morgan fingerprint density at radius 1 is 1.39 bits per heavy atom. The number of amides is 1. The van der Waals surface area contributed by atoms with Crippen LogP contribution < -0.4 is 5.73 Å². The minimum atomic E-state index is -0.490. The fraction of sp³-hybridized carbons (Fsp3) is 0.0714. The van der Waals surface area contributed by atoms with Gasteiger partial charge in [0.25, 0.3) is 0 Å². The monoisotopic (exact) mass is 237 g/mol. The van der Waals surface area contributed by atoms with Crippen molar-refractivity contribution in [2.24, 2.45) is 5.73 Å². The van der Waals surface area contributed by atoms with Crippen molar-refractivity contribution in [2.45, 2.75) is 6.92 Å². The molecule has 88 valence electrons. The van der Waals surface area contributed by atoms with Crippen LogP contribution in [0.3, 0.4) is 0 Å². The van der Waals surface area contributed by atoms with Gasteiger partial charge >= 0.3 is 0 Å². The topological polar surface area (TPSA) is 79.8 Å². The van der Waals surface area contributed by atoms with Gasteiger partial charge in [-0.15, -0.1) is 0 Å². The first-order chi connectivity index (χ1) is 8.63. The third kappa shape index (κ3) is 2.06. The van der Waals surface area contributed by atoms with E-state index in [1.165, 1.54) is 6.20 Å². The van der Waals surface area contributed by atoms with Gasteiger partial charge in [0.2, 0.25) is 5.91 Å². The molecule has 0 saturated carbocycles. The molecule has 1 aromatic heterocycles. The number of carbonyl (C=O) groups excluding carboxylic acids is 1. The zero-order chi connectivity index (χ0) is 13.1. The van der Waals surface area contributed by atoms with Gasteiger partial charge in [-0.3, -0.25) is 9.78 Å². The molecule has 0 unspecified atom stereocenters. The summed E-state index contributed by atoms with van der Waals surface area (Å²) in [4.78, 5) is 15.6. The van der Waals surface area contributed by atoms with Crippen molar-refractivity contribution >= 4 is 5.91 Å². The molecule has 18 heavy (non-hydrogen) atoms. The molecule has 0 aliphatic carbocycles. The molecule has 0 radical (unpaired) electrons. The van der Waals surface area contributed by atoms with Crippen molar-refractivity contribution in [2.75, 3.05) is 0 Å². The summed E-state index contributed by atoms with van der Waals surface area (Å²) in [6, 6.07) is 10.8. The Balaban J connectivity index is 2.63. The van der Waals surface area contributed by atoms with Crippen molar-refractivity contribution in [3.8, 4) is 17.3 Å². The maximum Gasteiger partial charge on any atom is 0.249 e. The minimum Gasteiger partial charge on any atom is -0.366 e. The van der Waals surface area contributed by atoms with Gasteiger partial charge in [-0.05, 0) is 24.6 Å². The molecule has 0 spiro atoms. The number of nitriles is 1. The van der Waals surface area contributed by atoms with E-state index >= 15 is 0 Å². The van der Waals surface area contributed by atoms with E-state index in [4.69, 9.17) is 11.0 Å². The van der Waals surface area contributed by atoms with Crippen LogP contribution >= 0.6 is 0 Å². The highest BCUT2D eigenvalue weighted by atomic mass is 16.1. The predicted octanol–water partition coefficient (Wildman–Crippen LogP) is 2.03. The Morgan fingerprint density at radius 2 is 2.11 bits per heavy atom. The molecule has 2 rings (SSSR count). The number of hydrogen-bond donors (Lipinski definition) is 1. The number of hydrogen-bond acceptors (Lipinski definition) is 3. The second-order valence-corrected chi connectivity index (χ2v) is 3.91. The lowest BCUT2D eigenvalue weighted by Crippen LogP contribution is -2.12. The van der Waals surface area contributed by atoms with Crippen LogP contribution in [0.5, 0.6) is 0 Å². The molecular weight excluding hydrogens is 226 g/mol. The van der Waals surface area contributed by atoms with E-state index in [9.17, 15) is 4.79 Å². The number of aromatic nitrogens is 1. The first-order valence-corrected chi connectivity index (χ1v) is 5.39. The molecule has 4 nitrogen and oxygen atoms in total. The molecule has 0 aliphatic heterocycles. The van der Waals surface area contributed by atoms with Gasteiger partial charge in [0.1, 0.15) is 6.07 Å². The molecule has 1 heterocycles. The SMILES string of the molecule is Cc1cc(C#N)cnc1-c1ccccc1C(N)=O. The van der Waals surface area contributed by atoms with Crippen LogP contribution in [0, 0.1) is 18.3 Å². The van der Waals surface area contributed by atoms with Gasteiger partial charge in [0.05, 0.1) is 11.3 Å². The van der Waals surface area contributed by atoms with E-state index in [0.29, 0.717) is 22.4 Å². The maximum absolute atomic E-state index is 11.4. The number of aryl methyl sites for hydroxylation is 1. The van der Waals surface area contributed by atoms with Crippen molar-refractivity contribution < 1.29 is 4.79 Å². The molecule has 0 bridgehead atoms. The van der Waals surface area contributed by atoms with Crippen molar-refractivity contribution in [1.29, 1.82) is 5.26 Å². The first kappa shape index (κ1) is 11.8. The van der Waals surface area contributed by atoms with Crippen LogP contribution in [0.25, 0.3) is 11.3 Å². The minimum absolute atomic E-state index is 0.429. The molecule has 0 aliphatic rings. The lowest BCUT2D eigenvalue weighted by Gasteiger charge is -2.08. The van der Waals surface area contributed by atoms with Gasteiger partial charge in [0.15, 0.2) is 0 Å². The molecule has 0 fully saturated rings. The first-order valence-electron chi connectivity index (χ1n) is 5.39. The van der Waals surface area contributed by atoms with E-state index in [0.717, 1.165) is 5.56 Å². The molecule has 2 aromatic rings. The smallest absolute Gasteiger partial charge is 0.249 e. The molecule has 2 N–H and O–H groups in total. The van der Waals surface area contributed by atoms with Crippen LogP contribution in [-0.4, -0.2) is 10.9 Å². The third-order valence-electron chi connectivity index (χ3n) is 2.66. The Bertz CT molecular complexity index is 656. The molecule has 1 amide bonds. The fourth-order valence-electron chi connectivity index (χ4n) is 1.82. The highest BCUT2D eigenvalue weighted by molar-refractivity contribution is 5.99. The zero-order valence-electron chi connectivity index (χ0n) is 9.84. The normalized spacial score (nSPS) is 9.78. The standard InChI is InChI=1S/C14H11N3O/c1-9-6-10(7-15)8-17-13(9)11-4-2-3-5-12(11)14(16)18/h2-6,8H,1H3,(H2,16,18). The largest absolute Gasteiger partial charge is 0.366 e. The van der Waals surface area contributed by atoms with E-state index in [-0.39, 0.29) is 0 Å². The Labute approximate surface area is 105 Å². The van der Waals surface area contributed by atoms with Gasteiger partial charge < -0.3 is 5.73 Å². The predicted molar refractivity (Wildman–Crippen MR) is 67.6 cm³/mol. The van der Waals surface area contributed by atoms with Gasteiger partial charge in [0, 0.05) is 17.3 Å². The van der Waals surface area contributed by atoms with Crippen LogP contribution in [0.4, 0.5) is 0 Å². The molecule has 0 atom stereocenters. The summed E-state index contributed by atoms with van der Waals surface area (Å²) in [7, 11) is 0. The number of pyridine rings is 1. The van der Waals surface area contributed by atoms with Crippen molar-refractivity contribution in [1.82, 2.24) is 4.98 Å². The molecule has 1 aromatic carbocycles. The number of nitrogens with zero attached hydrogens (tertiary/aromatic N) is 2. The zero-order valence-corrected chi connectivity index (χ0v) is 9.84. The summed E-state index contributed by atoms with van der Waals surface area (Å²) in [5.41, 5.74) is 8.45. The summed E-state index contributed by atoms with van der Waals surface area (Å²) in [6.45, 7) is 1.85. The second-order valence-electron chi connectivity index (χ2n) is 3.91. The third-order valence-corrected chi connectivity index (χ3v) is 2.66. The Morgan fingerprint density at radius 3 is 2.72 bits per heavy atom. The summed E-state index contributed by atoms with van der Waals surface area (Å²) < 4.78 is 0. The summed E-state index contributed by atoms with van der Waals surface area (Å²) in [6.07, 6.45) is 1.49.